The zero-order valence-electron chi connectivity index (χ0n) is 16.2. The van der Waals surface area contributed by atoms with Gasteiger partial charge in [-0.3, -0.25) is 0 Å². The molecule has 0 radical (unpaired) electrons. The lowest BCUT2D eigenvalue weighted by Gasteiger charge is -2.31. The highest BCUT2D eigenvalue weighted by molar-refractivity contribution is 5.80. The standard InChI is InChI=1S/C21H25FN4O2/c1-14-3-2-4-16(19(14)22)20-17-13-28-12-7-18(17)26(23-20)21(27)25-11-10-24-8-5-15(25)6-9-24/h2-4,15H,5-13H2,1H3. The van der Waals surface area contributed by atoms with Gasteiger partial charge in [-0.1, -0.05) is 12.1 Å². The quantitative estimate of drug-likeness (QED) is 0.759. The third-order valence-corrected chi connectivity index (χ3v) is 6.35. The van der Waals surface area contributed by atoms with E-state index in [1.54, 1.807) is 19.1 Å². The summed E-state index contributed by atoms with van der Waals surface area (Å²) in [5, 5.41) is 4.64. The maximum atomic E-state index is 14.8. The number of benzene rings is 1. The Morgan fingerprint density at radius 3 is 2.86 bits per heavy atom. The van der Waals surface area contributed by atoms with Gasteiger partial charge in [0.2, 0.25) is 0 Å². The first-order valence-electron chi connectivity index (χ1n) is 10.1. The van der Waals surface area contributed by atoms with Gasteiger partial charge in [-0.2, -0.15) is 9.78 Å². The summed E-state index contributed by atoms with van der Waals surface area (Å²) in [4.78, 5) is 17.9. The minimum atomic E-state index is -0.283. The average Bonchev–Trinajstić information content (AvgIpc) is 2.85. The number of fused-ring (bicyclic) bond motifs is 5. The van der Waals surface area contributed by atoms with Gasteiger partial charge in [0.15, 0.2) is 0 Å². The summed E-state index contributed by atoms with van der Waals surface area (Å²) in [6.45, 7) is 6.41. The summed E-state index contributed by atoms with van der Waals surface area (Å²) in [6.07, 6.45) is 2.64. The molecule has 0 N–H and O–H groups in total. The maximum absolute atomic E-state index is 14.8. The molecular weight excluding hydrogens is 359 g/mol. The van der Waals surface area contributed by atoms with E-state index in [1.165, 1.54) is 4.68 Å². The second kappa shape index (κ2) is 6.97. The highest BCUT2D eigenvalue weighted by atomic mass is 19.1. The van der Waals surface area contributed by atoms with Crippen molar-refractivity contribution >= 4 is 6.03 Å². The lowest BCUT2D eigenvalue weighted by molar-refractivity contribution is 0.108. The molecule has 0 unspecified atom stereocenters. The van der Waals surface area contributed by atoms with Crippen LogP contribution in [0.15, 0.2) is 18.2 Å². The number of rotatable bonds is 1. The highest BCUT2D eigenvalue weighted by Crippen LogP contribution is 2.32. The molecular formula is C21H25FN4O2. The molecule has 3 saturated heterocycles. The second-order valence-electron chi connectivity index (χ2n) is 7.97. The molecule has 6 nitrogen and oxygen atoms in total. The van der Waals surface area contributed by atoms with Crippen molar-refractivity contribution in [1.29, 1.82) is 0 Å². The lowest BCUT2D eigenvalue weighted by atomic mass is 10.0. The summed E-state index contributed by atoms with van der Waals surface area (Å²) in [7, 11) is 0. The van der Waals surface area contributed by atoms with Crippen LogP contribution in [-0.2, 0) is 17.8 Å². The minimum Gasteiger partial charge on any atom is -0.376 e. The Kier molecular flexibility index (Phi) is 4.44. The van der Waals surface area contributed by atoms with Crippen molar-refractivity contribution in [3.8, 4) is 11.3 Å². The predicted octanol–water partition coefficient (Wildman–Crippen LogP) is 2.82. The van der Waals surface area contributed by atoms with Crippen LogP contribution in [0.5, 0.6) is 0 Å². The van der Waals surface area contributed by atoms with E-state index in [0.29, 0.717) is 36.5 Å². The minimum absolute atomic E-state index is 0.0776. The Balaban J connectivity index is 1.57. The molecule has 4 aliphatic rings. The molecule has 0 spiro atoms. The highest BCUT2D eigenvalue weighted by Gasteiger charge is 2.35. The zero-order valence-corrected chi connectivity index (χ0v) is 16.2. The van der Waals surface area contributed by atoms with Gasteiger partial charge >= 0.3 is 6.03 Å². The lowest BCUT2D eigenvalue weighted by Crippen LogP contribution is -2.44. The number of aromatic nitrogens is 2. The van der Waals surface area contributed by atoms with Crippen molar-refractivity contribution in [2.75, 3.05) is 32.8 Å². The normalized spacial score (nSPS) is 24.1. The fourth-order valence-electron chi connectivity index (χ4n) is 4.70. The van der Waals surface area contributed by atoms with Crippen molar-refractivity contribution < 1.29 is 13.9 Å². The second-order valence-corrected chi connectivity index (χ2v) is 7.97. The number of amides is 1. The Hall–Kier alpha value is -2.25. The van der Waals surface area contributed by atoms with Gasteiger partial charge in [0.25, 0.3) is 0 Å². The van der Waals surface area contributed by atoms with Gasteiger partial charge in [-0.15, -0.1) is 0 Å². The summed E-state index contributed by atoms with van der Waals surface area (Å²) in [6, 6.07) is 5.49. The molecule has 148 valence electrons. The van der Waals surface area contributed by atoms with E-state index in [4.69, 9.17) is 4.74 Å². The molecule has 0 atom stereocenters. The molecule has 4 aliphatic heterocycles. The number of piperidine rings is 1. The van der Waals surface area contributed by atoms with Crippen LogP contribution >= 0.6 is 0 Å². The van der Waals surface area contributed by atoms with Gasteiger partial charge in [-0.25, -0.2) is 9.18 Å². The fraction of sp³-hybridized carbons (Fsp3) is 0.524. The van der Waals surface area contributed by atoms with E-state index in [2.05, 4.69) is 10.00 Å². The molecule has 0 saturated carbocycles. The summed E-state index contributed by atoms with van der Waals surface area (Å²) in [5.74, 6) is -0.283. The first-order chi connectivity index (χ1) is 13.6. The van der Waals surface area contributed by atoms with E-state index >= 15 is 0 Å². The molecule has 1 amide bonds. The molecule has 28 heavy (non-hydrogen) atoms. The van der Waals surface area contributed by atoms with Crippen molar-refractivity contribution in [1.82, 2.24) is 19.6 Å². The van der Waals surface area contributed by atoms with Crippen LogP contribution in [-0.4, -0.2) is 64.4 Å². The van der Waals surface area contributed by atoms with Crippen molar-refractivity contribution in [3.63, 3.8) is 0 Å². The number of carbonyl (C=O) groups is 1. The molecule has 2 bridgehead atoms. The average molecular weight is 384 g/mol. The molecule has 1 aromatic carbocycles. The van der Waals surface area contributed by atoms with E-state index < -0.39 is 0 Å². The molecule has 0 aliphatic carbocycles. The third-order valence-electron chi connectivity index (χ3n) is 6.35. The molecule has 2 aromatic rings. The van der Waals surface area contributed by atoms with Crippen LogP contribution in [0.25, 0.3) is 11.3 Å². The molecule has 6 rings (SSSR count). The number of ether oxygens (including phenoxy) is 1. The van der Waals surface area contributed by atoms with Crippen molar-refractivity contribution in [2.45, 2.75) is 38.8 Å². The summed E-state index contributed by atoms with van der Waals surface area (Å²) in [5.41, 5.74) is 3.25. The van der Waals surface area contributed by atoms with E-state index in [0.717, 1.165) is 50.3 Å². The maximum Gasteiger partial charge on any atom is 0.345 e. The van der Waals surface area contributed by atoms with Crippen molar-refractivity contribution in [2.24, 2.45) is 0 Å². The predicted molar refractivity (Wildman–Crippen MR) is 103 cm³/mol. The molecule has 5 heterocycles. The first kappa shape index (κ1) is 17.8. The van der Waals surface area contributed by atoms with Gasteiger partial charge in [-0.05, 0) is 31.4 Å². The number of nitrogens with zero attached hydrogens (tertiary/aromatic N) is 4. The largest absolute Gasteiger partial charge is 0.376 e. The first-order valence-corrected chi connectivity index (χ1v) is 10.1. The smallest absolute Gasteiger partial charge is 0.345 e. The summed E-state index contributed by atoms with van der Waals surface area (Å²) >= 11 is 0. The SMILES string of the molecule is Cc1cccc(-c2nn(C(=O)N3CCN4CCC3CC4)c3c2COCC3)c1F. The Morgan fingerprint density at radius 1 is 1.21 bits per heavy atom. The summed E-state index contributed by atoms with van der Waals surface area (Å²) < 4.78 is 22.0. The van der Waals surface area contributed by atoms with Crippen LogP contribution in [0.4, 0.5) is 9.18 Å². The van der Waals surface area contributed by atoms with Gasteiger partial charge < -0.3 is 14.5 Å². The van der Waals surface area contributed by atoms with Crippen LogP contribution < -0.4 is 0 Å². The van der Waals surface area contributed by atoms with Crippen molar-refractivity contribution in [3.05, 3.63) is 40.8 Å². The molecule has 3 fully saturated rings. The Bertz CT molecular complexity index is 917. The Morgan fingerprint density at radius 2 is 2.04 bits per heavy atom. The van der Waals surface area contributed by atoms with E-state index in [1.807, 2.05) is 11.0 Å². The van der Waals surface area contributed by atoms with Gasteiger partial charge in [0.1, 0.15) is 11.5 Å². The zero-order chi connectivity index (χ0) is 19.3. The number of carbonyl (C=O) groups excluding carboxylic acids is 1. The van der Waals surface area contributed by atoms with Crippen LogP contribution in [0.3, 0.4) is 0 Å². The van der Waals surface area contributed by atoms with Crippen LogP contribution in [0.1, 0.15) is 29.7 Å². The number of aryl methyl sites for hydroxylation is 1. The number of hydrogen-bond acceptors (Lipinski definition) is 4. The van der Waals surface area contributed by atoms with E-state index in [-0.39, 0.29) is 17.9 Å². The van der Waals surface area contributed by atoms with Crippen LogP contribution in [0.2, 0.25) is 0 Å². The topological polar surface area (TPSA) is 50.6 Å². The number of halogens is 1. The van der Waals surface area contributed by atoms with E-state index in [9.17, 15) is 9.18 Å². The third kappa shape index (κ3) is 2.84. The van der Waals surface area contributed by atoms with Gasteiger partial charge in [0, 0.05) is 49.8 Å². The Labute approximate surface area is 163 Å². The van der Waals surface area contributed by atoms with Gasteiger partial charge in [0.05, 0.1) is 18.9 Å². The fourth-order valence-corrected chi connectivity index (χ4v) is 4.70. The van der Waals surface area contributed by atoms with Crippen LogP contribution in [0, 0.1) is 12.7 Å². The number of hydrogen-bond donors (Lipinski definition) is 0. The monoisotopic (exact) mass is 384 g/mol. The molecule has 7 heteroatoms. The molecule has 1 aromatic heterocycles.